The van der Waals surface area contributed by atoms with E-state index in [4.69, 9.17) is 0 Å². The molecule has 0 radical (unpaired) electrons. The number of amides is 3. The Balaban J connectivity index is 1.86. The lowest BCUT2D eigenvalue weighted by Gasteiger charge is -2.24. The van der Waals surface area contributed by atoms with Crippen molar-refractivity contribution < 1.29 is 14.4 Å². The van der Waals surface area contributed by atoms with Crippen LogP contribution in [0.3, 0.4) is 0 Å². The quantitative estimate of drug-likeness (QED) is 0.711. The monoisotopic (exact) mass is 351 g/mol. The topological polar surface area (TPSA) is 87.3 Å². The smallest absolute Gasteiger partial charge is 0.262 e. The maximum absolute atomic E-state index is 12.3. The third-order valence-corrected chi connectivity index (χ3v) is 5.13. The van der Waals surface area contributed by atoms with Gasteiger partial charge in [-0.2, -0.15) is 0 Å². The van der Waals surface area contributed by atoms with Crippen LogP contribution in [-0.4, -0.2) is 23.8 Å². The zero-order valence-electron chi connectivity index (χ0n) is 14.1. The first-order chi connectivity index (χ1) is 11.5. The summed E-state index contributed by atoms with van der Waals surface area (Å²) in [5.74, 6) is -0.954. The van der Waals surface area contributed by atoms with Gasteiger partial charge in [-0.1, -0.05) is 39.2 Å². The van der Waals surface area contributed by atoms with Crippen molar-refractivity contribution in [2.45, 2.75) is 52.0 Å². The number of hydrogen-bond donors (Lipinski definition) is 3. The Bertz CT molecular complexity index is 566. The van der Waals surface area contributed by atoms with Crippen molar-refractivity contribution in [2.24, 2.45) is 11.8 Å². The summed E-state index contributed by atoms with van der Waals surface area (Å²) >= 11 is 1.32. The molecule has 0 aliphatic heterocycles. The SMILES string of the molecule is CC(C)[C@H](NC(=O)c1cccs1)C(=O)NNC(=O)C1CCCCC1. The molecule has 1 aliphatic carbocycles. The number of hydrogen-bond acceptors (Lipinski definition) is 4. The average Bonchev–Trinajstić information content (AvgIpc) is 3.12. The highest BCUT2D eigenvalue weighted by Crippen LogP contribution is 2.23. The highest BCUT2D eigenvalue weighted by atomic mass is 32.1. The van der Waals surface area contributed by atoms with E-state index in [-0.39, 0.29) is 23.7 Å². The van der Waals surface area contributed by atoms with Crippen LogP contribution in [0.4, 0.5) is 0 Å². The Morgan fingerprint density at radius 1 is 1.12 bits per heavy atom. The van der Waals surface area contributed by atoms with Crippen LogP contribution >= 0.6 is 11.3 Å². The van der Waals surface area contributed by atoms with Gasteiger partial charge in [0.25, 0.3) is 11.8 Å². The molecule has 3 amide bonds. The molecule has 1 heterocycles. The summed E-state index contributed by atoms with van der Waals surface area (Å²) in [6.07, 6.45) is 5.00. The summed E-state index contributed by atoms with van der Waals surface area (Å²) in [5, 5.41) is 4.54. The molecule has 0 unspecified atom stereocenters. The fourth-order valence-corrected chi connectivity index (χ4v) is 3.45. The van der Waals surface area contributed by atoms with Gasteiger partial charge in [0.05, 0.1) is 4.88 Å². The zero-order valence-corrected chi connectivity index (χ0v) is 14.9. The second-order valence-corrected chi connectivity index (χ2v) is 7.43. The van der Waals surface area contributed by atoms with E-state index in [2.05, 4.69) is 16.2 Å². The minimum absolute atomic E-state index is 0.0303. The van der Waals surface area contributed by atoms with Gasteiger partial charge >= 0.3 is 0 Å². The summed E-state index contributed by atoms with van der Waals surface area (Å²) in [6.45, 7) is 3.70. The van der Waals surface area contributed by atoms with E-state index < -0.39 is 11.9 Å². The number of thiophene rings is 1. The van der Waals surface area contributed by atoms with Crippen LogP contribution in [0.25, 0.3) is 0 Å². The summed E-state index contributed by atoms with van der Waals surface area (Å²) in [4.78, 5) is 37.1. The lowest BCUT2D eigenvalue weighted by atomic mass is 9.89. The van der Waals surface area contributed by atoms with Crippen LogP contribution in [0.5, 0.6) is 0 Å². The third-order valence-electron chi connectivity index (χ3n) is 4.27. The molecule has 1 aromatic rings. The molecule has 0 spiro atoms. The second-order valence-electron chi connectivity index (χ2n) is 6.49. The standard InChI is InChI=1S/C17H25N3O3S/c1-11(2)14(18-16(22)13-9-6-10-24-13)17(23)20-19-15(21)12-7-4-3-5-8-12/h6,9-12,14H,3-5,7-8H2,1-2H3,(H,18,22)(H,19,21)(H,20,23)/t14-/m0/s1. The minimum Gasteiger partial charge on any atom is -0.339 e. The van der Waals surface area contributed by atoms with Gasteiger partial charge in [-0.05, 0) is 30.2 Å². The van der Waals surface area contributed by atoms with Crippen molar-refractivity contribution in [3.63, 3.8) is 0 Å². The lowest BCUT2D eigenvalue weighted by Crippen LogP contribution is -2.55. The number of rotatable bonds is 5. The molecule has 0 saturated heterocycles. The largest absolute Gasteiger partial charge is 0.339 e. The minimum atomic E-state index is -0.703. The van der Waals surface area contributed by atoms with Crippen molar-refractivity contribution in [3.05, 3.63) is 22.4 Å². The first-order valence-corrected chi connectivity index (χ1v) is 9.31. The fourth-order valence-electron chi connectivity index (χ4n) is 2.82. The molecule has 0 bridgehead atoms. The predicted molar refractivity (Wildman–Crippen MR) is 93.3 cm³/mol. The molecule has 3 N–H and O–H groups in total. The highest BCUT2D eigenvalue weighted by Gasteiger charge is 2.27. The molecule has 1 atom stereocenters. The van der Waals surface area contributed by atoms with Crippen molar-refractivity contribution >= 4 is 29.1 Å². The molecule has 1 aromatic heterocycles. The maximum Gasteiger partial charge on any atom is 0.262 e. The first-order valence-electron chi connectivity index (χ1n) is 8.43. The van der Waals surface area contributed by atoms with Gasteiger partial charge in [0.2, 0.25) is 5.91 Å². The van der Waals surface area contributed by atoms with Gasteiger partial charge in [0.1, 0.15) is 6.04 Å². The lowest BCUT2D eigenvalue weighted by molar-refractivity contribution is -0.133. The van der Waals surface area contributed by atoms with Crippen LogP contribution in [0.2, 0.25) is 0 Å². The van der Waals surface area contributed by atoms with E-state index in [1.54, 1.807) is 12.1 Å². The van der Waals surface area contributed by atoms with E-state index in [0.717, 1.165) is 25.7 Å². The number of nitrogens with one attached hydrogen (secondary N) is 3. The molecule has 132 valence electrons. The summed E-state index contributed by atoms with van der Waals surface area (Å²) < 4.78 is 0. The van der Waals surface area contributed by atoms with Crippen LogP contribution in [0.15, 0.2) is 17.5 Å². The molecule has 24 heavy (non-hydrogen) atoms. The van der Waals surface area contributed by atoms with Crippen LogP contribution < -0.4 is 16.2 Å². The number of carbonyl (C=O) groups excluding carboxylic acids is 3. The fraction of sp³-hybridized carbons (Fsp3) is 0.588. The van der Waals surface area contributed by atoms with Gasteiger partial charge in [0, 0.05) is 5.92 Å². The molecule has 1 fully saturated rings. The van der Waals surface area contributed by atoms with Crippen molar-refractivity contribution in [1.29, 1.82) is 0 Å². The van der Waals surface area contributed by atoms with E-state index in [1.807, 2.05) is 19.2 Å². The van der Waals surface area contributed by atoms with Gasteiger partial charge in [-0.25, -0.2) is 0 Å². The molecule has 2 rings (SSSR count). The zero-order chi connectivity index (χ0) is 17.5. The average molecular weight is 351 g/mol. The van der Waals surface area contributed by atoms with Gasteiger partial charge < -0.3 is 5.32 Å². The molecular weight excluding hydrogens is 326 g/mol. The van der Waals surface area contributed by atoms with E-state index in [1.165, 1.54) is 17.8 Å². The Labute approximate surface area is 146 Å². The predicted octanol–water partition coefficient (Wildman–Crippen LogP) is 2.23. The first kappa shape index (κ1) is 18.4. The maximum atomic E-state index is 12.3. The summed E-state index contributed by atoms with van der Waals surface area (Å²) in [6, 6.07) is 2.79. The number of carbonyl (C=O) groups is 3. The van der Waals surface area contributed by atoms with E-state index in [9.17, 15) is 14.4 Å². The molecule has 1 saturated carbocycles. The van der Waals surface area contributed by atoms with Crippen molar-refractivity contribution in [2.75, 3.05) is 0 Å². The molecule has 7 heteroatoms. The highest BCUT2D eigenvalue weighted by molar-refractivity contribution is 7.12. The Kier molecular flexibility index (Phi) is 6.78. The van der Waals surface area contributed by atoms with Gasteiger partial charge in [0.15, 0.2) is 0 Å². The van der Waals surface area contributed by atoms with Crippen LogP contribution in [0.1, 0.15) is 55.6 Å². The Hall–Kier alpha value is -1.89. The van der Waals surface area contributed by atoms with Crippen LogP contribution in [0, 0.1) is 11.8 Å². The number of hydrazine groups is 1. The molecule has 6 nitrogen and oxygen atoms in total. The summed E-state index contributed by atoms with van der Waals surface area (Å²) in [7, 11) is 0. The normalized spacial score (nSPS) is 16.5. The molecule has 1 aliphatic rings. The van der Waals surface area contributed by atoms with Crippen molar-refractivity contribution in [1.82, 2.24) is 16.2 Å². The summed E-state index contributed by atoms with van der Waals surface area (Å²) in [5.41, 5.74) is 4.97. The van der Waals surface area contributed by atoms with E-state index in [0.29, 0.717) is 4.88 Å². The van der Waals surface area contributed by atoms with E-state index >= 15 is 0 Å². The van der Waals surface area contributed by atoms with Gasteiger partial charge in [-0.3, -0.25) is 25.2 Å². The molecular formula is C17H25N3O3S. The second kappa shape index (κ2) is 8.82. The molecule has 0 aromatic carbocycles. The van der Waals surface area contributed by atoms with Gasteiger partial charge in [-0.15, -0.1) is 11.3 Å². The third kappa shape index (κ3) is 5.06. The van der Waals surface area contributed by atoms with Crippen LogP contribution in [-0.2, 0) is 9.59 Å². The van der Waals surface area contributed by atoms with Crippen molar-refractivity contribution in [3.8, 4) is 0 Å². The Morgan fingerprint density at radius 3 is 2.42 bits per heavy atom. The Morgan fingerprint density at radius 2 is 1.83 bits per heavy atom.